The Hall–Kier alpha value is -4.46. The lowest BCUT2D eigenvalue weighted by molar-refractivity contribution is -0.0261. The molecular formula is C28H28F2N8O. The molecule has 1 aliphatic heterocycles. The molecule has 5 aromatic rings. The number of halogens is 2. The maximum absolute atomic E-state index is 14.0. The summed E-state index contributed by atoms with van der Waals surface area (Å²) in [4.78, 5) is 19.5. The molecule has 2 aromatic carbocycles. The van der Waals surface area contributed by atoms with Gasteiger partial charge in [0.1, 0.15) is 5.82 Å². The van der Waals surface area contributed by atoms with Gasteiger partial charge in [-0.05, 0) is 24.3 Å². The van der Waals surface area contributed by atoms with E-state index in [0.717, 1.165) is 17.0 Å². The lowest BCUT2D eigenvalue weighted by Crippen LogP contribution is -2.56. The van der Waals surface area contributed by atoms with Crippen molar-refractivity contribution < 1.29 is 8.78 Å². The first-order valence-electron chi connectivity index (χ1n) is 12.6. The third kappa shape index (κ3) is 3.73. The lowest BCUT2D eigenvalue weighted by atomic mass is 9.95. The van der Waals surface area contributed by atoms with Crippen LogP contribution in [0.15, 0.2) is 41.5 Å². The molecule has 200 valence electrons. The highest BCUT2D eigenvalue weighted by Gasteiger charge is 2.45. The molecule has 0 bridgehead atoms. The Balaban J connectivity index is 1.67. The van der Waals surface area contributed by atoms with Gasteiger partial charge in [-0.15, -0.1) is 0 Å². The van der Waals surface area contributed by atoms with Crippen LogP contribution < -0.4 is 10.6 Å². The van der Waals surface area contributed by atoms with E-state index in [9.17, 15) is 18.8 Å². The normalized spacial score (nSPS) is 15.2. The van der Waals surface area contributed by atoms with E-state index in [1.165, 1.54) is 9.13 Å². The van der Waals surface area contributed by atoms with Crippen molar-refractivity contribution in [3.8, 4) is 22.9 Å². The van der Waals surface area contributed by atoms with E-state index < -0.39 is 24.4 Å². The molecule has 0 unspecified atom stereocenters. The summed E-state index contributed by atoms with van der Waals surface area (Å²) in [6.07, 6.45) is 3.56. The van der Waals surface area contributed by atoms with E-state index >= 15 is 0 Å². The van der Waals surface area contributed by atoms with Crippen LogP contribution in [0.3, 0.4) is 0 Å². The Morgan fingerprint density at radius 2 is 1.74 bits per heavy atom. The van der Waals surface area contributed by atoms with Gasteiger partial charge < -0.3 is 4.90 Å². The van der Waals surface area contributed by atoms with Crippen LogP contribution in [0.5, 0.6) is 0 Å². The number of fused-ring (bicyclic) bond motifs is 2. The fourth-order valence-electron chi connectivity index (χ4n) is 5.45. The van der Waals surface area contributed by atoms with Crippen molar-refractivity contribution in [3.63, 3.8) is 0 Å². The van der Waals surface area contributed by atoms with E-state index in [1.807, 2.05) is 62.8 Å². The predicted octanol–water partition coefficient (Wildman–Crippen LogP) is 4.24. The zero-order valence-corrected chi connectivity index (χ0v) is 22.6. The minimum Gasteiger partial charge on any atom is -0.357 e. The maximum atomic E-state index is 14.0. The first-order valence-corrected chi connectivity index (χ1v) is 12.6. The average molecular weight is 531 g/mol. The molecule has 4 heterocycles. The van der Waals surface area contributed by atoms with Crippen LogP contribution in [-0.4, -0.2) is 47.5 Å². The van der Waals surface area contributed by atoms with Crippen molar-refractivity contribution >= 4 is 27.8 Å². The van der Waals surface area contributed by atoms with Gasteiger partial charge in [-0.25, -0.2) is 18.6 Å². The summed E-state index contributed by atoms with van der Waals surface area (Å²) in [5.74, 6) is -2.04. The van der Waals surface area contributed by atoms with Crippen LogP contribution in [0.25, 0.3) is 38.9 Å². The predicted molar refractivity (Wildman–Crippen MR) is 146 cm³/mol. The van der Waals surface area contributed by atoms with Gasteiger partial charge in [0.2, 0.25) is 0 Å². The number of anilines is 1. The van der Waals surface area contributed by atoms with Gasteiger partial charge in [-0.2, -0.15) is 10.4 Å². The molecule has 1 aliphatic rings. The first kappa shape index (κ1) is 24.9. The Morgan fingerprint density at radius 1 is 1.03 bits per heavy atom. The zero-order chi connectivity index (χ0) is 28.0. The largest absolute Gasteiger partial charge is 0.357 e. The number of aromatic nitrogens is 6. The Morgan fingerprint density at radius 3 is 2.33 bits per heavy atom. The Bertz CT molecular complexity index is 1900. The highest BCUT2D eigenvalue weighted by atomic mass is 19.3. The Kier molecular flexibility index (Phi) is 5.11. The molecule has 0 spiro atoms. The molecule has 39 heavy (non-hydrogen) atoms. The number of rotatable bonds is 3. The van der Waals surface area contributed by atoms with Crippen LogP contribution in [0.4, 0.5) is 14.5 Å². The Labute approximate surface area is 223 Å². The molecule has 0 aliphatic carbocycles. The van der Waals surface area contributed by atoms with E-state index in [0.29, 0.717) is 39.0 Å². The van der Waals surface area contributed by atoms with E-state index in [2.05, 4.69) is 11.2 Å². The number of hydrogen-bond donors (Lipinski definition) is 0. The molecule has 11 heteroatoms. The van der Waals surface area contributed by atoms with Crippen LogP contribution in [0.2, 0.25) is 0 Å². The molecule has 9 nitrogen and oxygen atoms in total. The van der Waals surface area contributed by atoms with Crippen molar-refractivity contribution in [3.05, 3.63) is 58.5 Å². The van der Waals surface area contributed by atoms with Gasteiger partial charge in [0.05, 0.1) is 64.4 Å². The van der Waals surface area contributed by atoms with E-state index in [-0.39, 0.29) is 5.69 Å². The quantitative estimate of drug-likeness (QED) is 0.348. The van der Waals surface area contributed by atoms with Gasteiger partial charge in [-0.1, -0.05) is 20.8 Å². The second kappa shape index (κ2) is 8.02. The summed E-state index contributed by atoms with van der Waals surface area (Å²) >= 11 is 0. The first-order chi connectivity index (χ1) is 18.3. The SMILES string of the molecule is Cn1cc(-c2cc3nc(C(C)(C)C)n(-c4cc(N5CC(F)(F)C5)c5c(c4)n(C)c(=O)n5C)c3cc2C#N)cn1. The van der Waals surface area contributed by atoms with Crippen LogP contribution in [0.1, 0.15) is 32.2 Å². The molecule has 0 saturated carbocycles. The third-order valence-electron chi connectivity index (χ3n) is 7.37. The number of hydrogen-bond acceptors (Lipinski definition) is 5. The standard InChI is InChI=1S/C28H28F2N8O/c1-27(2,3)25-33-20-10-19(17-12-32-34(4)13-17)16(11-31)7-21(20)38(25)18-8-22-24(36(6)26(39)35(22)5)23(9-18)37-14-28(29,30)15-37/h7-10,12-13H,14-15H2,1-6H3. The molecule has 0 N–H and O–H groups in total. The summed E-state index contributed by atoms with van der Waals surface area (Å²) < 4.78 is 34.6. The summed E-state index contributed by atoms with van der Waals surface area (Å²) in [6, 6.07) is 9.74. The van der Waals surface area contributed by atoms with Gasteiger partial charge in [0.15, 0.2) is 0 Å². The number of nitriles is 1. The van der Waals surface area contributed by atoms with Crippen LogP contribution in [0, 0.1) is 11.3 Å². The van der Waals surface area contributed by atoms with Crippen molar-refractivity contribution in [2.45, 2.75) is 32.1 Å². The number of nitrogens with zero attached hydrogens (tertiary/aromatic N) is 8. The fourth-order valence-corrected chi connectivity index (χ4v) is 5.45. The summed E-state index contributed by atoms with van der Waals surface area (Å²) in [6.45, 7) is 5.31. The molecule has 0 amide bonds. The van der Waals surface area contributed by atoms with Crippen LogP contribution in [-0.2, 0) is 26.6 Å². The highest BCUT2D eigenvalue weighted by Crippen LogP contribution is 2.40. The number of benzene rings is 2. The van der Waals surface area contributed by atoms with Crippen molar-refractivity contribution in [1.29, 1.82) is 5.26 Å². The number of aryl methyl sites for hydroxylation is 3. The van der Waals surface area contributed by atoms with Crippen LogP contribution >= 0.6 is 0 Å². The summed E-state index contributed by atoms with van der Waals surface area (Å²) in [7, 11) is 5.14. The third-order valence-corrected chi connectivity index (χ3v) is 7.37. The minimum atomic E-state index is -2.78. The van der Waals surface area contributed by atoms with Crippen molar-refractivity contribution in [2.24, 2.45) is 21.1 Å². The topological polar surface area (TPSA) is 89.6 Å². The molecular weight excluding hydrogens is 502 g/mol. The van der Waals surface area contributed by atoms with E-state index in [1.54, 1.807) is 29.9 Å². The summed E-state index contributed by atoms with van der Waals surface area (Å²) in [5, 5.41) is 14.3. The molecule has 6 rings (SSSR count). The maximum Gasteiger partial charge on any atom is 0.328 e. The van der Waals surface area contributed by atoms with Gasteiger partial charge >= 0.3 is 5.69 Å². The molecule has 3 aromatic heterocycles. The molecule has 0 radical (unpaired) electrons. The average Bonchev–Trinajstić information content (AvgIpc) is 3.52. The molecule has 1 saturated heterocycles. The summed E-state index contributed by atoms with van der Waals surface area (Å²) in [5.41, 5.74) is 5.23. The molecule has 0 atom stereocenters. The lowest BCUT2D eigenvalue weighted by Gasteiger charge is -2.41. The second-order valence-corrected chi connectivity index (χ2v) is 11.4. The van der Waals surface area contributed by atoms with Gasteiger partial charge in [0, 0.05) is 43.9 Å². The van der Waals surface area contributed by atoms with E-state index in [4.69, 9.17) is 4.98 Å². The van der Waals surface area contributed by atoms with Gasteiger partial charge in [-0.3, -0.25) is 18.4 Å². The molecule has 1 fully saturated rings. The number of imidazole rings is 2. The minimum absolute atomic E-state index is 0.241. The highest BCUT2D eigenvalue weighted by molar-refractivity contribution is 5.94. The van der Waals surface area contributed by atoms with Crippen molar-refractivity contribution in [2.75, 3.05) is 18.0 Å². The zero-order valence-electron chi connectivity index (χ0n) is 22.6. The monoisotopic (exact) mass is 530 g/mol. The second-order valence-electron chi connectivity index (χ2n) is 11.4. The van der Waals surface area contributed by atoms with Gasteiger partial charge in [0.25, 0.3) is 5.92 Å². The van der Waals surface area contributed by atoms with Crippen molar-refractivity contribution in [1.82, 2.24) is 28.5 Å². The fraction of sp³-hybridized carbons (Fsp3) is 0.357. The number of alkyl halides is 2. The smallest absolute Gasteiger partial charge is 0.328 e.